The summed E-state index contributed by atoms with van der Waals surface area (Å²) in [5.74, 6) is -0.111. The van der Waals surface area contributed by atoms with Gasteiger partial charge in [0.05, 0.1) is 0 Å². The Balaban J connectivity index is 2.55. The van der Waals surface area contributed by atoms with E-state index < -0.39 is 0 Å². The van der Waals surface area contributed by atoms with E-state index in [2.05, 4.69) is 10.3 Å². The Morgan fingerprint density at radius 1 is 1.73 bits per heavy atom. The molecule has 0 spiro atoms. The maximum atomic E-state index is 11.4. The third-order valence-electron chi connectivity index (χ3n) is 2.02. The molecule has 1 rings (SSSR count). The summed E-state index contributed by atoms with van der Waals surface area (Å²) in [6, 6.07) is 2.89. The van der Waals surface area contributed by atoms with Gasteiger partial charge in [-0.15, -0.1) is 0 Å². The standard InChI is InChI=1S/C10H15N3O2/c1-2-7(11)6-9(15)13-10-8(14)4-3-5-12-10/h3-5,7,14H,2,6,11H2,1H3,(H,12,13,15). The zero-order chi connectivity index (χ0) is 11.3. The van der Waals surface area contributed by atoms with Crippen LogP contribution in [0, 0.1) is 0 Å². The fourth-order valence-electron chi connectivity index (χ4n) is 1.06. The molecule has 0 radical (unpaired) electrons. The van der Waals surface area contributed by atoms with Gasteiger partial charge in [0.2, 0.25) is 5.91 Å². The van der Waals surface area contributed by atoms with E-state index in [9.17, 15) is 9.90 Å². The topological polar surface area (TPSA) is 88.2 Å². The minimum Gasteiger partial charge on any atom is -0.504 e. The molecule has 0 aliphatic heterocycles. The molecule has 1 aromatic heterocycles. The number of anilines is 1. The summed E-state index contributed by atoms with van der Waals surface area (Å²) in [6.07, 6.45) is 2.46. The average Bonchev–Trinajstić information content (AvgIpc) is 2.21. The Bertz CT molecular complexity index is 341. The molecule has 15 heavy (non-hydrogen) atoms. The van der Waals surface area contributed by atoms with Gasteiger partial charge in [0.25, 0.3) is 0 Å². The van der Waals surface area contributed by atoms with Gasteiger partial charge in [0, 0.05) is 18.7 Å². The number of hydrogen-bond acceptors (Lipinski definition) is 4. The van der Waals surface area contributed by atoms with Crippen molar-refractivity contribution in [2.24, 2.45) is 5.73 Å². The number of aromatic hydroxyl groups is 1. The van der Waals surface area contributed by atoms with Crippen molar-refractivity contribution in [3.63, 3.8) is 0 Å². The number of rotatable bonds is 4. The van der Waals surface area contributed by atoms with E-state index in [1.54, 1.807) is 6.07 Å². The summed E-state index contributed by atoms with van der Waals surface area (Å²) < 4.78 is 0. The minimum absolute atomic E-state index is 0.0454. The summed E-state index contributed by atoms with van der Waals surface area (Å²) >= 11 is 0. The van der Waals surface area contributed by atoms with Crippen molar-refractivity contribution in [3.05, 3.63) is 18.3 Å². The maximum Gasteiger partial charge on any atom is 0.227 e. The van der Waals surface area contributed by atoms with Gasteiger partial charge in [-0.25, -0.2) is 4.98 Å². The van der Waals surface area contributed by atoms with Crippen LogP contribution in [0.15, 0.2) is 18.3 Å². The Morgan fingerprint density at radius 3 is 3.07 bits per heavy atom. The van der Waals surface area contributed by atoms with Gasteiger partial charge in [-0.05, 0) is 18.6 Å². The van der Waals surface area contributed by atoms with Crippen LogP contribution in [0.5, 0.6) is 5.75 Å². The lowest BCUT2D eigenvalue weighted by Gasteiger charge is -2.09. The molecule has 0 saturated heterocycles. The number of carbonyl (C=O) groups excluding carboxylic acids is 1. The first-order chi connectivity index (χ1) is 7.13. The molecule has 0 aliphatic rings. The number of amides is 1. The Kier molecular flexibility index (Phi) is 4.05. The van der Waals surface area contributed by atoms with Crippen molar-refractivity contribution < 1.29 is 9.90 Å². The van der Waals surface area contributed by atoms with E-state index in [4.69, 9.17) is 5.73 Å². The molecule has 4 N–H and O–H groups in total. The number of nitrogens with one attached hydrogen (secondary N) is 1. The van der Waals surface area contributed by atoms with Crippen molar-refractivity contribution in [1.29, 1.82) is 0 Å². The highest BCUT2D eigenvalue weighted by Crippen LogP contribution is 2.18. The normalized spacial score (nSPS) is 12.1. The van der Waals surface area contributed by atoms with Crippen molar-refractivity contribution >= 4 is 11.7 Å². The van der Waals surface area contributed by atoms with Crippen molar-refractivity contribution in [2.75, 3.05) is 5.32 Å². The van der Waals surface area contributed by atoms with E-state index in [1.807, 2.05) is 6.92 Å². The number of hydrogen-bond donors (Lipinski definition) is 3. The van der Waals surface area contributed by atoms with Gasteiger partial charge in [-0.3, -0.25) is 4.79 Å². The van der Waals surface area contributed by atoms with E-state index in [1.165, 1.54) is 12.3 Å². The summed E-state index contributed by atoms with van der Waals surface area (Å²) in [5, 5.41) is 11.8. The molecule has 0 aromatic carbocycles. The summed E-state index contributed by atoms with van der Waals surface area (Å²) in [6.45, 7) is 1.91. The first-order valence-corrected chi connectivity index (χ1v) is 4.83. The molecule has 0 bridgehead atoms. The number of nitrogens with zero attached hydrogens (tertiary/aromatic N) is 1. The van der Waals surface area contributed by atoms with Crippen molar-refractivity contribution in [2.45, 2.75) is 25.8 Å². The molecule has 5 heteroatoms. The van der Waals surface area contributed by atoms with Crippen LogP contribution in [0.1, 0.15) is 19.8 Å². The van der Waals surface area contributed by atoms with E-state index in [0.29, 0.717) is 0 Å². The van der Waals surface area contributed by atoms with Gasteiger partial charge in [-0.1, -0.05) is 6.92 Å². The van der Waals surface area contributed by atoms with Gasteiger partial charge < -0.3 is 16.2 Å². The zero-order valence-electron chi connectivity index (χ0n) is 8.60. The van der Waals surface area contributed by atoms with Crippen LogP contribution < -0.4 is 11.1 Å². The molecular formula is C10H15N3O2. The minimum atomic E-state index is -0.238. The van der Waals surface area contributed by atoms with Gasteiger partial charge >= 0.3 is 0 Å². The molecule has 0 aliphatic carbocycles. The first-order valence-electron chi connectivity index (χ1n) is 4.83. The molecule has 1 atom stereocenters. The molecule has 1 unspecified atom stereocenters. The van der Waals surface area contributed by atoms with Crippen LogP contribution in [0.3, 0.4) is 0 Å². The molecule has 1 heterocycles. The van der Waals surface area contributed by atoms with Gasteiger partial charge in [0.1, 0.15) is 0 Å². The second-order valence-corrected chi connectivity index (χ2v) is 3.29. The quantitative estimate of drug-likeness (QED) is 0.686. The van der Waals surface area contributed by atoms with Crippen LogP contribution in [-0.2, 0) is 4.79 Å². The van der Waals surface area contributed by atoms with Gasteiger partial charge in [-0.2, -0.15) is 0 Å². The van der Waals surface area contributed by atoms with E-state index >= 15 is 0 Å². The number of aromatic nitrogens is 1. The fourth-order valence-corrected chi connectivity index (χ4v) is 1.06. The summed E-state index contributed by atoms with van der Waals surface area (Å²) in [4.78, 5) is 15.2. The third kappa shape index (κ3) is 3.55. The molecule has 82 valence electrons. The SMILES string of the molecule is CCC(N)CC(=O)Nc1ncccc1O. The van der Waals surface area contributed by atoms with Crippen LogP contribution in [-0.4, -0.2) is 22.0 Å². The van der Waals surface area contributed by atoms with Crippen molar-refractivity contribution in [3.8, 4) is 5.75 Å². The van der Waals surface area contributed by atoms with Crippen LogP contribution in [0.2, 0.25) is 0 Å². The van der Waals surface area contributed by atoms with Crippen LogP contribution in [0.4, 0.5) is 5.82 Å². The highest BCUT2D eigenvalue weighted by molar-refractivity contribution is 5.91. The summed E-state index contributed by atoms with van der Waals surface area (Å²) in [7, 11) is 0. The lowest BCUT2D eigenvalue weighted by Crippen LogP contribution is -2.26. The molecule has 5 nitrogen and oxygen atoms in total. The smallest absolute Gasteiger partial charge is 0.227 e. The number of pyridine rings is 1. The average molecular weight is 209 g/mol. The van der Waals surface area contributed by atoms with Gasteiger partial charge in [0.15, 0.2) is 11.6 Å². The fraction of sp³-hybridized carbons (Fsp3) is 0.400. The predicted molar refractivity (Wildman–Crippen MR) is 57.4 cm³/mol. The molecule has 0 fully saturated rings. The lowest BCUT2D eigenvalue weighted by molar-refractivity contribution is -0.116. The highest BCUT2D eigenvalue weighted by atomic mass is 16.3. The van der Waals surface area contributed by atoms with Crippen molar-refractivity contribution in [1.82, 2.24) is 4.98 Å². The Hall–Kier alpha value is -1.62. The molecule has 1 amide bonds. The Morgan fingerprint density at radius 2 is 2.47 bits per heavy atom. The number of nitrogens with two attached hydrogens (primary N) is 1. The van der Waals surface area contributed by atoms with E-state index in [0.717, 1.165) is 6.42 Å². The second kappa shape index (κ2) is 5.31. The molecule has 0 saturated carbocycles. The molecule has 1 aromatic rings. The third-order valence-corrected chi connectivity index (χ3v) is 2.02. The largest absolute Gasteiger partial charge is 0.504 e. The first kappa shape index (κ1) is 11.5. The summed E-state index contributed by atoms with van der Waals surface area (Å²) in [5.41, 5.74) is 5.62. The zero-order valence-corrected chi connectivity index (χ0v) is 8.60. The Labute approximate surface area is 88.3 Å². The maximum absolute atomic E-state index is 11.4. The second-order valence-electron chi connectivity index (χ2n) is 3.29. The number of carbonyl (C=O) groups is 1. The van der Waals surface area contributed by atoms with Crippen LogP contribution in [0.25, 0.3) is 0 Å². The van der Waals surface area contributed by atoms with E-state index in [-0.39, 0.29) is 29.9 Å². The highest BCUT2D eigenvalue weighted by Gasteiger charge is 2.10. The van der Waals surface area contributed by atoms with Crippen LogP contribution >= 0.6 is 0 Å². The molecular weight excluding hydrogens is 194 g/mol. The lowest BCUT2D eigenvalue weighted by atomic mass is 10.1. The monoisotopic (exact) mass is 209 g/mol. The predicted octanol–water partition coefficient (Wildman–Crippen LogP) is 0.853.